The van der Waals surface area contributed by atoms with Crippen molar-refractivity contribution in [1.29, 1.82) is 0 Å². The molecule has 2 fully saturated rings. The van der Waals surface area contributed by atoms with Gasteiger partial charge in [0, 0.05) is 43.3 Å². The molecular formula is C17H22N4O3. The maximum atomic E-state index is 12.5. The van der Waals surface area contributed by atoms with Gasteiger partial charge >= 0.3 is 0 Å². The van der Waals surface area contributed by atoms with Crippen LogP contribution < -0.4 is 11.1 Å². The van der Waals surface area contributed by atoms with Crippen molar-refractivity contribution in [2.45, 2.75) is 18.9 Å². The lowest BCUT2D eigenvalue weighted by molar-refractivity contribution is -0.122. The quantitative estimate of drug-likeness (QED) is 0.783. The molecule has 0 spiro atoms. The Bertz CT molecular complexity index is 649. The van der Waals surface area contributed by atoms with Crippen molar-refractivity contribution in [2.24, 2.45) is 5.73 Å². The molecule has 24 heavy (non-hydrogen) atoms. The third-order valence-electron chi connectivity index (χ3n) is 4.36. The maximum Gasteiger partial charge on any atom is 0.253 e. The molecule has 3 amide bonds. The van der Waals surface area contributed by atoms with Crippen LogP contribution in [0.3, 0.4) is 0 Å². The molecule has 1 aromatic rings. The average molecular weight is 330 g/mol. The Morgan fingerprint density at radius 2 is 1.75 bits per heavy atom. The molecule has 1 aliphatic heterocycles. The third kappa shape index (κ3) is 4.11. The van der Waals surface area contributed by atoms with Gasteiger partial charge in [-0.15, -0.1) is 0 Å². The fourth-order valence-corrected chi connectivity index (χ4v) is 2.80. The molecule has 7 nitrogen and oxygen atoms in total. The molecular weight excluding hydrogens is 308 g/mol. The summed E-state index contributed by atoms with van der Waals surface area (Å²) in [7, 11) is 0. The van der Waals surface area contributed by atoms with Gasteiger partial charge in [-0.25, -0.2) is 0 Å². The molecule has 128 valence electrons. The molecule has 1 saturated heterocycles. The van der Waals surface area contributed by atoms with E-state index in [4.69, 9.17) is 5.73 Å². The smallest absolute Gasteiger partial charge is 0.253 e. The van der Waals surface area contributed by atoms with Gasteiger partial charge in [-0.2, -0.15) is 0 Å². The molecule has 0 atom stereocenters. The molecule has 0 bridgehead atoms. The number of hydrogen-bond donors (Lipinski definition) is 2. The molecule has 3 rings (SSSR count). The monoisotopic (exact) mass is 330 g/mol. The Kier molecular flexibility index (Phi) is 4.80. The van der Waals surface area contributed by atoms with Crippen LogP contribution in [0.5, 0.6) is 0 Å². The summed E-state index contributed by atoms with van der Waals surface area (Å²) in [5.41, 5.74) is 6.05. The van der Waals surface area contributed by atoms with Crippen molar-refractivity contribution >= 4 is 17.7 Å². The second-order valence-corrected chi connectivity index (χ2v) is 6.36. The number of amides is 3. The first kappa shape index (κ1) is 16.4. The van der Waals surface area contributed by atoms with Crippen LogP contribution >= 0.6 is 0 Å². The number of primary amides is 1. The molecule has 1 heterocycles. The summed E-state index contributed by atoms with van der Waals surface area (Å²) < 4.78 is 0. The minimum atomic E-state index is -0.545. The first-order chi connectivity index (χ1) is 11.5. The van der Waals surface area contributed by atoms with Gasteiger partial charge in [0.15, 0.2) is 0 Å². The number of nitrogens with zero attached hydrogens (tertiary/aromatic N) is 2. The van der Waals surface area contributed by atoms with Crippen LogP contribution in [0.25, 0.3) is 0 Å². The molecule has 1 aromatic carbocycles. The SMILES string of the molecule is NC(=O)c1cccc(C(=O)N2CCN(CC(=O)NC3CC3)CC2)c1. The van der Waals surface area contributed by atoms with E-state index < -0.39 is 5.91 Å². The first-order valence-corrected chi connectivity index (χ1v) is 8.24. The van der Waals surface area contributed by atoms with Crippen LogP contribution in [-0.4, -0.2) is 66.3 Å². The van der Waals surface area contributed by atoms with Crippen LogP contribution in [-0.2, 0) is 4.79 Å². The van der Waals surface area contributed by atoms with Crippen molar-refractivity contribution in [3.63, 3.8) is 0 Å². The van der Waals surface area contributed by atoms with E-state index in [0.29, 0.717) is 49.9 Å². The second kappa shape index (κ2) is 7.00. The van der Waals surface area contributed by atoms with Gasteiger partial charge in [0.1, 0.15) is 0 Å². The lowest BCUT2D eigenvalue weighted by Crippen LogP contribution is -2.51. The Labute approximate surface area is 140 Å². The van der Waals surface area contributed by atoms with Gasteiger partial charge in [0.2, 0.25) is 11.8 Å². The number of piperazine rings is 1. The summed E-state index contributed by atoms with van der Waals surface area (Å²) in [6.07, 6.45) is 2.16. The highest BCUT2D eigenvalue weighted by molar-refractivity contribution is 5.99. The van der Waals surface area contributed by atoms with Crippen molar-refractivity contribution in [3.8, 4) is 0 Å². The second-order valence-electron chi connectivity index (χ2n) is 6.36. The van der Waals surface area contributed by atoms with E-state index in [1.54, 1.807) is 23.1 Å². The largest absolute Gasteiger partial charge is 0.366 e. The average Bonchev–Trinajstić information content (AvgIpc) is 3.39. The van der Waals surface area contributed by atoms with Crippen LogP contribution in [0.4, 0.5) is 0 Å². The summed E-state index contributed by atoms with van der Waals surface area (Å²) in [6, 6.07) is 6.84. The van der Waals surface area contributed by atoms with Gasteiger partial charge in [0.25, 0.3) is 5.91 Å². The lowest BCUT2D eigenvalue weighted by Gasteiger charge is -2.34. The van der Waals surface area contributed by atoms with Gasteiger partial charge in [0.05, 0.1) is 6.54 Å². The van der Waals surface area contributed by atoms with Gasteiger partial charge < -0.3 is 16.0 Å². The molecule has 0 unspecified atom stereocenters. The summed E-state index contributed by atoms with van der Waals surface area (Å²) in [4.78, 5) is 39.4. The Hall–Kier alpha value is -2.41. The van der Waals surface area contributed by atoms with E-state index in [2.05, 4.69) is 10.2 Å². The number of carbonyl (C=O) groups excluding carboxylic acids is 3. The lowest BCUT2D eigenvalue weighted by atomic mass is 10.1. The molecule has 0 aromatic heterocycles. The van der Waals surface area contributed by atoms with Crippen molar-refractivity contribution < 1.29 is 14.4 Å². The molecule has 1 aliphatic carbocycles. The zero-order valence-corrected chi connectivity index (χ0v) is 13.5. The zero-order valence-electron chi connectivity index (χ0n) is 13.5. The predicted molar refractivity (Wildman–Crippen MR) is 88.5 cm³/mol. The highest BCUT2D eigenvalue weighted by Crippen LogP contribution is 2.18. The number of benzene rings is 1. The summed E-state index contributed by atoms with van der Waals surface area (Å²) in [5, 5.41) is 2.97. The van der Waals surface area contributed by atoms with E-state index in [0.717, 1.165) is 12.8 Å². The highest BCUT2D eigenvalue weighted by atomic mass is 16.2. The fraction of sp³-hybridized carbons (Fsp3) is 0.471. The van der Waals surface area contributed by atoms with E-state index in [1.807, 2.05) is 0 Å². The van der Waals surface area contributed by atoms with Crippen LogP contribution in [0, 0.1) is 0 Å². The van der Waals surface area contributed by atoms with Crippen LogP contribution in [0.2, 0.25) is 0 Å². The van der Waals surface area contributed by atoms with E-state index in [9.17, 15) is 14.4 Å². The number of nitrogens with two attached hydrogens (primary N) is 1. The Morgan fingerprint density at radius 1 is 1.08 bits per heavy atom. The van der Waals surface area contributed by atoms with E-state index >= 15 is 0 Å². The normalized spacial score (nSPS) is 18.2. The molecule has 7 heteroatoms. The van der Waals surface area contributed by atoms with E-state index in [-0.39, 0.29) is 11.8 Å². The summed E-state index contributed by atoms with van der Waals surface area (Å²) in [5.74, 6) is -0.595. The van der Waals surface area contributed by atoms with Gasteiger partial charge in [-0.3, -0.25) is 19.3 Å². The number of rotatable bonds is 5. The van der Waals surface area contributed by atoms with Crippen molar-refractivity contribution in [2.75, 3.05) is 32.7 Å². The summed E-state index contributed by atoms with van der Waals surface area (Å²) in [6.45, 7) is 2.85. The minimum absolute atomic E-state index is 0.0615. The van der Waals surface area contributed by atoms with Crippen LogP contribution in [0.1, 0.15) is 33.6 Å². The molecule has 1 saturated carbocycles. The van der Waals surface area contributed by atoms with Gasteiger partial charge in [-0.05, 0) is 31.0 Å². The number of nitrogens with one attached hydrogen (secondary N) is 1. The van der Waals surface area contributed by atoms with Crippen LogP contribution in [0.15, 0.2) is 24.3 Å². The topological polar surface area (TPSA) is 95.7 Å². The Balaban J connectivity index is 1.52. The molecule has 2 aliphatic rings. The molecule has 0 radical (unpaired) electrons. The van der Waals surface area contributed by atoms with Crippen molar-refractivity contribution in [1.82, 2.24) is 15.1 Å². The van der Waals surface area contributed by atoms with Crippen molar-refractivity contribution in [3.05, 3.63) is 35.4 Å². The maximum absolute atomic E-state index is 12.5. The first-order valence-electron chi connectivity index (χ1n) is 8.24. The fourth-order valence-electron chi connectivity index (χ4n) is 2.80. The zero-order chi connectivity index (χ0) is 17.1. The van der Waals surface area contributed by atoms with Gasteiger partial charge in [-0.1, -0.05) is 6.07 Å². The Morgan fingerprint density at radius 3 is 2.38 bits per heavy atom. The minimum Gasteiger partial charge on any atom is -0.366 e. The van der Waals surface area contributed by atoms with E-state index in [1.165, 1.54) is 6.07 Å². The number of hydrogen-bond acceptors (Lipinski definition) is 4. The summed E-state index contributed by atoms with van der Waals surface area (Å²) >= 11 is 0. The third-order valence-corrected chi connectivity index (χ3v) is 4.36. The number of carbonyl (C=O) groups is 3. The highest BCUT2D eigenvalue weighted by Gasteiger charge is 2.26. The predicted octanol–water partition coefficient (Wildman–Crippen LogP) is -0.178. The standard InChI is InChI=1S/C17H22N4O3/c18-16(23)12-2-1-3-13(10-12)17(24)21-8-6-20(7-9-21)11-15(22)19-14-4-5-14/h1-3,10,14H,4-9,11H2,(H2,18,23)(H,19,22). The molecule has 3 N–H and O–H groups in total.